The summed E-state index contributed by atoms with van der Waals surface area (Å²) in [7, 11) is 0. The minimum absolute atomic E-state index is 0. The van der Waals surface area contributed by atoms with Gasteiger partial charge in [0.1, 0.15) is 6.73 Å². The van der Waals surface area contributed by atoms with Gasteiger partial charge in [0.15, 0.2) is 11.2 Å². The van der Waals surface area contributed by atoms with Gasteiger partial charge in [0, 0.05) is 0 Å². The van der Waals surface area contributed by atoms with Gasteiger partial charge in [-0.3, -0.25) is 14.7 Å². The van der Waals surface area contributed by atoms with Gasteiger partial charge in [-0.05, 0) is 16.8 Å². The van der Waals surface area contributed by atoms with Gasteiger partial charge in [0.2, 0.25) is 0 Å². The number of ether oxygens (including phenoxy) is 1. The van der Waals surface area contributed by atoms with Crippen LogP contribution in [0.2, 0.25) is 0 Å². The molecule has 0 aliphatic heterocycles. The Balaban J connectivity index is 0.00000192. The fourth-order valence-electron chi connectivity index (χ4n) is 2.04. The summed E-state index contributed by atoms with van der Waals surface area (Å²) in [4.78, 5) is 37.6. The molecule has 0 fully saturated rings. The number of hydrogen-bond acceptors (Lipinski definition) is 5. The van der Waals surface area contributed by atoms with Crippen LogP contribution in [0.15, 0.2) is 58.3 Å². The molecule has 0 saturated heterocycles. The Bertz CT molecular complexity index is 959. The Morgan fingerprint density at radius 1 is 1.13 bits per heavy atom. The SMILES string of the molecule is O=C(OCn1ncc(=O)[n-]c1=O)c1cccc2ccccc12.[Na+]. The summed E-state index contributed by atoms with van der Waals surface area (Å²) in [5.74, 6) is -0.586. The molecule has 0 radical (unpaired) electrons. The third kappa shape index (κ3) is 3.76. The maximum Gasteiger partial charge on any atom is 1.00 e. The Morgan fingerprint density at radius 2 is 1.87 bits per heavy atom. The minimum Gasteiger partial charge on any atom is -0.461 e. The predicted molar refractivity (Wildman–Crippen MR) is 77.5 cm³/mol. The molecule has 1 aromatic heterocycles. The van der Waals surface area contributed by atoms with Crippen molar-refractivity contribution < 1.29 is 39.1 Å². The summed E-state index contributed by atoms with van der Waals surface area (Å²) in [5.41, 5.74) is -1.21. The third-order valence-corrected chi connectivity index (χ3v) is 3.06. The van der Waals surface area contributed by atoms with E-state index in [9.17, 15) is 14.4 Å². The molecule has 3 aromatic rings. The van der Waals surface area contributed by atoms with E-state index in [-0.39, 0.29) is 29.6 Å². The molecule has 0 N–H and O–H groups in total. The average Bonchev–Trinajstić information content (AvgIpc) is 2.53. The summed E-state index contributed by atoms with van der Waals surface area (Å²) < 4.78 is 5.86. The molecule has 0 bridgehead atoms. The minimum atomic E-state index is -0.863. The van der Waals surface area contributed by atoms with Crippen molar-refractivity contribution in [1.29, 1.82) is 0 Å². The van der Waals surface area contributed by atoms with Gasteiger partial charge in [-0.1, -0.05) is 36.4 Å². The van der Waals surface area contributed by atoms with E-state index in [0.29, 0.717) is 5.56 Å². The van der Waals surface area contributed by atoms with Crippen molar-refractivity contribution in [3.8, 4) is 0 Å². The number of benzene rings is 2. The molecule has 0 aliphatic carbocycles. The maximum atomic E-state index is 12.2. The fourth-order valence-corrected chi connectivity index (χ4v) is 2.04. The van der Waals surface area contributed by atoms with Crippen LogP contribution in [0, 0.1) is 0 Å². The molecule has 0 spiro atoms. The molecule has 2 aromatic carbocycles. The predicted octanol–water partition coefficient (Wildman–Crippen LogP) is -2.47. The van der Waals surface area contributed by atoms with Gasteiger partial charge in [-0.2, -0.15) is 0 Å². The van der Waals surface area contributed by atoms with E-state index in [0.717, 1.165) is 21.7 Å². The number of nitrogens with zero attached hydrogens (tertiary/aromatic N) is 3. The van der Waals surface area contributed by atoms with E-state index in [4.69, 9.17) is 4.74 Å². The first-order chi connectivity index (χ1) is 10.6. The first-order valence-corrected chi connectivity index (χ1v) is 6.41. The molecule has 23 heavy (non-hydrogen) atoms. The molecular weight excluding hydrogens is 309 g/mol. The zero-order valence-corrected chi connectivity index (χ0v) is 14.3. The number of esters is 1. The zero-order chi connectivity index (χ0) is 15.5. The number of carbonyl (C=O) groups excluding carboxylic acids is 1. The molecule has 0 saturated carbocycles. The van der Waals surface area contributed by atoms with Crippen LogP contribution >= 0.6 is 0 Å². The number of rotatable bonds is 3. The van der Waals surface area contributed by atoms with Gasteiger partial charge < -0.3 is 14.4 Å². The number of carbonyl (C=O) groups is 1. The smallest absolute Gasteiger partial charge is 0.461 e. The first-order valence-electron chi connectivity index (χ1n) is 6.41. The van der Waals surface area contributed by atoms with Crippen molar-refractivity contribution >= 4 is 16.7 Å². The van der Waals surface area contributed by atoms with Gasteiger partial charge >= 0.3 is 35.5 Å². The van der Waals surface area contributed by atoms with Gasteiger partial charge in [-0.15, -0.1) is 0 Å². The van der Waals surface area contributed by atoms with Crippen LogP contribution in [0.3, 0.4) is 0 Å². The quantitative estimate of drug-likeness (QED) is 0.392. The van der Waals surface area contributed by atoms with Crippen LogP contribution in [0.25, 0.3) is 10.8 Å². The summed E-state index contributed by atoms with van der Waals surface area (Å²) >= 11 is 0. The summed E-state index contributed by atoms with van der Waals surface area (Å²) in [5, 5.41) is 5.22. The largest absolute Gasteiger partial charge is 1.00 e. The van der Waals surface area contributed by atoms with E-state index in [1.807, 2.05) is 30.3 Å². The van der Waals surface area contributed by atoms with E-state index in [1.54, 1.807) is 12.1 Å². The average molecular weight is 319 g/mol. The van der Waals surface area contributed by atoms with Crippen molar-refractivity contribution in [3.63, 3.8) is 0 Å². The van der Waals surface area contributed by atoms with Crippen molar-refractivity contribution in [2.24, 2.45) is 0 Å². The Labute approximate surface area is 152 Å². The van der Waals surface area contributed by atoms with Gasteiger partial charge in [0.25, 0.3) is 0 Å². The van der Waals surface area contributed by atoms with E-state index in [1.165, 1.54) is 0 Å². The second-order valence-electron chi connectivity index (χ2n) is 4.46. The van der Waals surface area contributed by atoms with E-state index >= 15 is 0 Å². The first kappa shape index (κ1) is 17.1. The van der Waals surface area contributed by atoms with Crippen molar-refractivity contribution in [1.82, 2.24) is 14.8 Å². The van der Waals surface area contributed by atoms with Gasteiger partial charge in [0.05, 0.1) is 11.8 Å². The Hall–Kier alpha value is -2.22. The number of hydrogen-bond donors (Lipinski definition) is 0. The van der Waals surface area contributed by atoms with Crippen LogP contribution < -0.4 is 45.8 Å². The number of aromatic nitrogens is 3. The van der Waals surface area contributed by atoms with Crippen LogP contribution in [-0.4, -0.2) is 15.7 Å². The van der Waals surface area contributed by atoms with Crippen molar-refractivity contribution in [3.05, 3.63) is 75.1 Å². The molecule has 0 aliphatic rings. The fraction of sp³-hybridized carbons (Fsp3) is 0.0667. The van der Waals surface area contributed by atoms with E-state index < -0.39 is 23.9 Å². The second-order valence-corrected chi connectivity index (χ2v) is 4.46. The van der Waals surface area contributed by atoms with Gasteiger partial charge in [-0.25, -0.2) is 4.79 Å². The van der Waals surface area contributed by atoms with Crippen LogP contribution in [0.5, 0.6) is 0 Å². The molecule has 7 nitrogen and oxygen atoms in total. The van der Waals surface area contributed by atoms with Crippen molar-refractivity contribution in [2.45, 2.75) is 6.73 Å². The molecule has 110 valence electrons. The molecule has 1 heterocycles. The maximum absolute atomic E-state index is 12.2. The monoisotopic (exact) mass is 319 g/mol. The van der Waals surface area contributed by atoms with Crippen molar-refractivity contribution in [2.75, 3.05) is 0 Å². The second kappa shape index (κ2) is 7.36. The van der Waals surface area contributed by atoms with Crippen LogP contribution in [0.4, 0.5) is 0 Å². The molecule has 8 heteroatoms. The van der Waals surface area contributed by atoms with Crippen LogP contribution in [0.1, 0.15) is 10.4 Å². The zero-order valence-electron chi connectivity index (χ0n) is 12.3. The summed E-state index contributed by atoms with van der Waals surface area (Å²) in [6, 6.07) is 12.7. The molecule has 0 amide bonds. The Kier molecular flexibility index (Phi) is 5.49. The molecule has 0 unspecified atom stereocenters. The third-order valence-electron chi connectivity index (χ3n) is 3.06. The molecule has 0 atom stereocenters. The molecular formula is C15H10N3NaO4. The number of fused-ring (bicyclic) bond motifs is 1. The molecule has 3 rings (SSSR count). The Morgan fingerprint density at radius 3 is 2.65 bits per heavy atom. The normalized spacial score (nSPS) is 10.1. The van der Waals surface area contributed by atoms with E-state index in [2.05, 4.69) is 10.1 Å². The van der Waals surface area contributed by atoms with Crippen LogP contribution in [-0.2, 0) is 11.5 Å². The summed E-state index contributed by atoms with van der Waals surface area (Å²) in [6.45, 7) is -0.409. The standard InChI is InChI=1S/C15H11N3O4.Na/c19-13-8-16-18(15(21)17-13)9-22-14(20)12-7-3-5-10-4-1-2-6-11(10)12;/h1-8H,9H2,(H,17,19,21);/q;+1/p-1. The topological polar surface area (TPSA) is 92.4 Å². The summed E-state index contributed by atoms with van der Waals surface area (Å²) in [6.07, 6.45) is 0.882.